The number of nitrogens with zero attached hydrogens (tertiary/aromatic N) is 2. The van der Waals surface area contributed by atoms with E-state index in [9.17, 15) is 13.2 Å². The van der Waals surface area contributed by atoms with Crippen LogP contribution in [0.5, 0.6) is 0 Å². The van der Waals surface area contributed by atoms with Crippen LogP contribution >= 0.6 is 0 Å². The Morgan fingerprint density at radius 1 is 1.17 bits per heavy atom. The molecule has 0 aliphatic carbocycles. The molecule has 9 heteroatoms. The smallest absolute Gasteiger partial charge is 0.410 e. The van der Waals surface area contributed by atoms with Gasteiger partial charge in [-0.25, -0.2) is 13.2 Å². The lowest BCUT2D eigenvalue weighted by molar-refractivity contribution is -0.126. The zero-order chi connectivity index (χ0) is 21.8. The summed E-state index contributed by atoms with van der Waals surface area (Å²) < 4.78 is 38.9. The largest absolute Gasteiger partial charge is 0.444 e. The number of nitrogens with one attached hydrogen (secondary N) is 1. The molecule has 1 aromatic rings. The highest BCUT2D eigenvalue weighted by atomic mass is 32.2. The maximum absolute atomic E-state index is 12.8. The molecule has 0 radical (unpaired) electrons. The van der Waals surface area contributed by atoms with Gasteiger partial charge in [-0.2, -0.15) is 4.31 Å². The van der Waals surface area contributed by atoms with Gasteiger partial charge in [-0.3, -0.25) is 0 Å². The zero-order valence-electron chi connectivity index (χ0n) is 18.1. The number of sulfonamides is 1. The normalized spacial score (nSPS) is 26.7. The molecule has 0 aromatic heterocycles. The van der Waals surface area contributed by atoms with E-state index in [1.807, 2.05) is 39.8 Å². The quantitative estimate of drug-likeness (QED) is 0.758. The molecular formula is C21H31N3O5S. The summed E-state index contributed by atoms with van der Waals surface area (Å²) in [7, 11) is -3.49. The molecule has 3 aliphatic heterocycles. The van der Waals surface area contributed by atoms with Crippen LogP contribution in [0.15, 0.2) is 29.2 Å². The molecule has 2 spiro atoms. The first kappa shape index (κ1) is 21.5. The van der Waals surface area contributed by atoms with Gasteiger partial charge >= 0.3 is 6.09 Å². The topological polar surface area (TPSA) is 88.2 Å². The fourth-order valence-electron chi connectivity index (χ4n) is 4.19. The second-order valence-electron chi connectivity index (χ2n) is 9.84. The highest BCUT2D eigenvalue weighted by molar-refractivity contribution is 7.89. The first-order chi connectivity index (χ1) is 13.9. The van der Waals surface area contributed by atoms with Crippen molar-refractivity contribution in [1.29, 1.82) is 0 Å². The molecule has 3 saturated heterocycles. The monoisotopic (exact) mass is 437 g/mol. The molecule has 3 aliphatic rings. The van der Waals surface area contributed by atoms with Crippen LogP contribution < -0.4 is 5.32 Å². The van der Waals surface area contributed by atoms with Crippen molar-refractivity contribution in [2.24, 2.45) is 0 Å². The fourth-order valence-corrected chi connectivity index (χ4v) is 5.80. The third kappa shape index (κ3) is 4.08. The number of carbonyl (C=O) groups excluding carboxylic acids is 1. The molecule has 4 rings (SSSR count). The Balaban J connectivity index is 1.33. The fraction of sp³-hybridized carbons (Fsp3) is 0.667. The number of carbonyl (C=O) groups is 1. The van der Waals surface area contributed by atoms with Crippen LogP contribution in [-0.2, 0) is 19.5 Å². The van der Waals surface area contributed by atoms with E-state index >= 15 is 0 Å². The molecule has 8 nitrogen and oxygen atoms in total. The number of likely N-dealkylation sites (tertiary alicyclic amines) is 1. The summed E-state index contributed by atoms with van der Waals surface area (Å²) in [4.78, 5) is 14.4. The van der Waals surface area contributed by atoms with Crippen LogP contribution in [0.2, 0.25) is 0 Å². The summed E-state index contributed by atoms with van der Waals surface area (Å²) in [5.74, 6) is 0. The van der Waals surface area contributed by atoms with Crippen LogP contribution in [0, 0.1) is 6.92 Å². The van der Waals surface area contributed by atoms with Gasteiger partial charge in [0.2, 0.25) is 10.0 Å². The minimum Gasteiger partial charge on any atom is -0.444 e. The lowest BCUT2D eigenvalue weighted by Gasteiger charge is -2.54. The molecule has 1 atom stereocenters. The molecular weight excluding hydrogens is 406 g/mol. The van der Waals surface area contributed by atoms with Gasteiger partial charge in [0.1, 0.15) is 5.60 Å². The number of rotatable bonds is 2. The van der Waals surface area contributed by atoms with E-state index in [-0.39, 0.29) is 11.6 Å². The molecule has 1 amide bonds. The average molecular weight is 438 g/mol. The van der Waals surface area contributed by atoms with E-state index in [1.165, 1.54) is 4.31 Å². The van der Waals surface area contributed by atoms with Crippen molar-refractivity contribution in [3.8, 4) is 0 Å². The van der Waals surface area contributed by atoms with Crippen molar-refractivity contribution < 1.29 is 22.7 Å². The number of amides is 1. The van der Waals surface area contributed by atoms with Crippen molar-refractivity contribution in [3.63, 3.8) is 0 Å². The first-order valence-electron chi connectivity index (χ1n) is 10.4. The molecule has 1 N–H and O–H groups in total. The second-order valence-corrected chi connectivity index (χ2v) is 11.8. The Bertz CT molecular complexity index is 907. The number of hydrogen-bond donors (Lipinski definition) is 1. The Labute approximate surface area is 178 Å². The number of ether oxygens (including phenoxy) is 2. The maximum Gasteiger partial charge on any atom is 0.410 e. The number of morpholine rings is 1. The van der Waals surface area contributed by atoms with Gasteiger partial charge in [-0.05, 0) is 46.2 Å². The summed E-state index contributed by atoms with van der Waals surface area (Å²) in [5.41, 5.74) is -0.291. The number of aryl methyl sites for hydroxylation is 1. The molecule has 3 fully saturated rings. The summed E-state index contributed by atoms with van der Waals surface area (Å²) in [6.45, 7) is 10.4. The van der Waals surface area contributed by atoms with Gasteiger partial charge in [0.25, 0.3) is 0 Å². The van der Waals surface area contributed by atoms with Crippen molar-refractivity contribution in [2.45, 2.75) is 55.8 Å². The first-order valence-corrected chi connectivity index (χ1v) is 11.8. The van der Waals surface area contributed by atoms with Gasteiger partial charge in [0, 0.05) is 26.2 Å². The van der Waals surface area contributed by atoms with Crippen LogP contribution in [0.25, 0.3) is 0 Å². The second kappa shape index (κ2) is 7.19. The highest BCUT2D eigenvalue weighted by Gasteiger charge is 2.55. The minimum atomic E-state index is -3.49. The summed E-state index contributed by atoms with van der Waals surface area (Å²) in [6, 6.07) is 6.92. The third-order valence-corrected chi connectivity index (χ3v) is 7.83. The van der Waals surface area contributed by atoms with Crippen LogP contribution in [0.3, 0.4) is 0 Å². The van der Waals surface area contributed by atoms with Gasteiger partial charge in [0.15, 0.2) is 0 Å². The van der Waals surface area contributed by atoms with Gasteiger partial charge < -0.3 is 19.7 Å². The molecule has 3 heterocycles. The van der Waals surface area contributed by atoms with E-state index in [2.05, 4.69) is 5.32 Å². The Hall–Kier alpha value is -1.68. The van der Waals surface area contributed by atoms with Crippen LogP contribution in [0.4, 0.5) is 4.79 Å². The predicted octanol–water partition coefficient (Wildman–Crippen LogP) is 1.74. The van der Waals surface area contributed by atoms with E-state index in [4.69, 9.17) is 9.47 Å². The standard InChI is InChI=1S/C21H31N3O5S/c1-16-5-7-17(8-6-16)30(26,27)24-12-20(13-24)15-28-21(11-22-20)9-10-23(14-21)18(25)29-19(2,3)4/h5-8,22H,9-15H2,1-4H3/t21-/m0/s1. The molecule has 30 heavy (non-hydrogen) atoms. The number of hydrogen-bond acceptors (Lipinski definition) is 6. The van der Waals surface area contributed by atoms with Crippen LogP contribution in [0.1, 0.15) is 32.8 Å². The van der Waals surface area contributed by atoms with Gasteiger partial charge in [-0.1, -0.05) is 17.7 Å². The minimum absolute atomic E-state index is 0.317. The van der Waals surface area contributed by atoms with Crippen molar-refractivity contribution in [1.82, 2.24) is 14.5 Å². The predicted molar refractivity (Wildman–Crippen MR) is 112 cm³/mol. The Kier molecular flexibility index (Phi) is 5.16. The Morgan fingerprint density at radius 2 is 1.83 bits per heavy atom. The third-order valence-electron chi connectivity index (χ3n) is 6.03. The van der Waals surface area contributed by atoms with E-state index in [0.29, 0.717) is 44.2 Å². The summed E-state index contributed by atoms with van der Waals surface area (Å²) >= 11 is 0. The number of benzene rings is 1. The molecule has 0 bridgehead atoms. The van der Waals surface area contributed by atoms with Crippen molar-refractivity contribution in [3.05, 3.63) is 29.8 Å². The van der Waals surface area contributed by atoms with E-state index in [1.54, 1.807) is 17.0 Å². The van der Waals surface area contributed by atoms with Crippen molar-refractivity contribution in [2.75, 3.05) is 39.3 Å². The molecule has 166 valence electrons. The SMILES string of the molecule is Cc1ccc(S(=O)(=O)N2CC3(CO[C@@]4(CCN(C(=O)OC(C)(C)C)C4)CN3)C2)cc1. The highest BCUT2D eigenvalue weighted by Crippen LogP contribution is 2.36. The van der Waals surface area contributed by atoms with Crippen molar-refractivity contribution >= 4 is 16.1 Å². The molecule has 0 unspecified atom stereocenters. The molecule has 1 aromatic carbocycles. The maximum atomic E-state index is 12.8. The summed E-state index contributed by atoms with van der Waals surface area (Å²) in [6.07, 6.45) is 0.419. The van der Waals surface area contributed by atoms with Gasteiger partial charge in [-0.15, -0.1) is 0 Å². The lowest BCUT2D eigenvalue weighted by atomic mass is 9.88. The van der Waals surface area contributed by atoms with E-state index in [0.717, 1.165) is 12.0 Å². The summed E-state index contributed by atoms with van der Waals surface area (Å²) in [5, 5.41) is 3.53. The van der Waals surface area contributed by atoms with Crippen LogP contribution in [-0.4, -0.2) is 79.8 Å². The zero-order valence-corrected chi connectivity index (χ0v) is 18.9. The molecule has 0 saturated carbocycles. The lowest BCUT2D eigenvalue weighted by Crippen LogP contribution is -2.77. The van der Waals surface area contributed by atoms with E-state index < -0.39 is 21.2 Å². The van der Waals surface area contributed by atoms with Gasteiger partial charge in [0.05, 0.1) is 29.2 Å². The Morgan fingerprint density at radius 3 is 2.40 bits per heavy atom. The average Bonchev–Trinajstić information content (AvgIpc) is 3.04.